The van der Waals surface area contributed by atoms with Crippen LogP contribution in [0.5, 0.6) is 0 Å². The zero-order valence-corrected chi connectivity index (χ0v) is 20.2. The summed E-state index contributed by atoms with van der Waals surface area (Å²) in [6.45, 7) is 9.04. The van der Waals surface area contributed by atoms with E-state index in [9.17, 15) is 19.5 Å². The van der Waals surface area contributed by atoms with Crippen molar-refractivity contribution in [2.24, 2.45) is 10.4 Å². The van der Waals surface area contributed by atoms with Gasteiger partial charge in [-0.05, 0) is 30.0 Å². The summed E-state index contributed by atoms with van der Waals surface area (Å²) in [5.74, 6) is -0.801. The van der Waals surface area contributed by atoms with Crippen LogP contribution in [-0.4, -0.2) is 58.2 Å². The number of benzene rings is 1. The fourth-order valence-corrected chi connectivity index (χ4v) is 4.62. The molecule has 2 aliphatic rings. The first-order valence-electron chi connectivity index (χ1n) is 10.5. The molecule has 0 saturated carbocycles. The summed E-state index contributed by atoms with van der Waals surface area (Å²) >= 11 is 3.41. The van der Waals surface area contributed by atoms with Crippen LogP contribution in [0.1, 0.15) is 53.0 Å². The van der Waals surface area contributed by atoms with E-state index < -0.39 is 29.0 Å². The van der Waals surface area contributed by atoms with E-state index in [-0.39, 0.29) is 24.3 Å². The number of carbonyl (C=O) groups excluding carboxylic acids is 3. The molecule has 31 heavy (non-hydrogen) atoms. The maximum atomic E-state index is 13.4. The Kier molecular flexibility index (Phi) is 6.45. The van der Waals surface area contributed by atoms with Gasteiger partial charge in [0.25, 0.3) is 5.91 Å². The van der Waals surface area contributed by atoms with Crippen molar-refractivity contribution in [3.8, 4) is 0 Å². The van der Waals surface area contributed by atoms with Gasteiger partial charge in [-0.1, -0.05) is 48.8 Å². The second-order valence-corrected chi connectivity index (χ2v) is 10.7. The number of halogens is 1. The lowest BCUT2D eigenvalue weighted by Crippen LogP contribution is -2.56. The summed E-state index contributed by atoms with van der Waals surface area (Å²) in [5.41, 5.74) is 0.150. The van der Waals surface area contributed by atoms with Crippen molar-refractivity contribution in [3.05, 3.63) is 34.3 Å². The average Bonchev–Trinajstić information content (AvgIpc) is 3.19. The fourth-order valence-electron chi connectivity index (χ4n) is 4.36. The minimum absolute atomic E-state index is 0.151. The Morgan fingerprint density at radius 2 is 1.90 bits per heavy atom. The Hall–Kier alpha value is -2.06. The van der Waals surface area contributed by atoms with Crippen molar-refractivity contribution >= 4 is 39.4 Å². The Labute approximate surface area is 191 Å². The van der Waals surface area contributed by atoms with E-state index in [2.05, 4.69) is 26.2 Å². The molecule has 0 spiro atoms. The molecule has 3 amide bonds. The molecule has 1 fully saturated rings. The number of rotatable bonds is 4. The first kappa shape index (κ1) is 23.6. The van der Waals surface area contributed by atoms with E-state index in [0.717, 1.165) is 10.0 Å². The van der Waals surface area contributed by atoms with Gasteiger partial charge in [0.1, 0.15) is 6.04 Å². The summed E-state index contributed by atoms with van der Waals surface area (Å²) in [6, 6.07) is 6.37. The van der Waals surface area contributed by atoms with Crippen LogP contribution < -0.4 is 5.32 Å². The van der Waals surface area contributed by atoms with Gasteiger partial charge in [-0.3, -0.25) is 14.4 Å². The minimum atomic E-state index is -0.806. The van der Waals surface area contributed by atoms with Crippen LogP contribution in [0.4, 0.5) is 0 Å². The molecule has 0 aliphatic carbocycles. The number of nitrogens with zero attached hydrogens (tertiary/aromatic N) is 2. The number of hydrogen-bond acceptors (Lipinski definition) is 4. The number of nitrogens with one attached hydrogen (secondary N) is 1. The maximum absolute atomic E-state index is 13.4. The van der Waals surface area contributed by atoms with Crippen LogP contribution in [0.15, 0.2) is 33.7 Å². The second-order valence-electron chi connectivity index (χ2n) is 9.82. The lowest BCUT2D eigenvalue weighted by molar-refractivity contribution is -0.139. The highest BCUT2D eigenvalue weighted by Crippen LogP contribution is 2.38. The molecule has 2 unspecified atom stereocenters. The van der Waals surface area contributed by atoms with Gasteiger partial charge >= 0.3 is 0 Å². The van der Waals surface area contributed by atoms with Gasteiger partial charge in [0.05, 0.1) is 17.6 Å². The Morgan fingerprint density at radius 3 is 2.45 bits per heavy atom. The zero-order chi connectivity index (χ0) is 23.1. The quantitative estimate of drug-likeness (QED) is 0.675. The Bertz CT molecular complexity index is 922. The molecule has 8 heteroatoms. The van der Waals surface area contributed by atoms with E-state index in [1.165, 1.54) is 6.92 Å². The molecule has 0 bridgehead atoms. The van der Waals surface area contributed by atoms with Crippen molar-refractivity contribution in [2.45, 2.75) is 71.1 Å². The first-order chi connectivity index (χ1) is 14.3. The molecule has 0 aromatic heterocycles. The molecule has 1 aromatic rings. The monoisotopic (exact) mass is 491 g/mol. The van der Waals surface area contributed by atoms with Gasteiger partial charge in [-0.25, -0.2) is 4.99 Å². The number of amides is 3. The topological polar surface area (TPSA) is 99.1 Å². The van der Waals surface area contributed by atoms with E-state index in [1.807, 2.05) is 52.0 Å². The van der Waals surface area contributed by atoms with Gasteiger partial charge in [-0.15, -0.1) is 0 Å². The lowest BCUT2D eigenvalue weighted by atomic mass is 9.78. The summed E-state index contributed by atoms with van der Waals surface area (Å²) < 4.78 is 0.924. The van der Waals surface area contributed by atoms with E-state index in [0.29, 0.717) is 18.6 Å². The molecule has 3 rings (SSSR count). The normalized spacial score (nSPS) is 27.3. The largest absolute Gasteiger partial charge is 0.391 e. The smallest absolute Gasteiger partial charge is 0.256 e. The molecular formula is C23H30BrN3O4. The predicted molar refractivity (Wildman–Crippen MR) is 122 cm³/mol. The molecule has 1 aromatic carbocycles. The molecule has 2 N–H and O–H groups in total. The van der Waals surface area contributed by atoms with Gasteiger partial charge in [0.15, 0.2) is 0 Å². The first-order valence-corrected chi connectivity index (χ1v) is 11.3. The van der Waals surface area contributed by atoms with Crippen molar-refractivity contribution < 1.29 is 19.5 Å². The number of aliphatic hydroxyl groups excluding tert-OH is 1. The van der Waals surface area contributed by atoms with Crippen LogP contribution >= 0.6 is 15.9 Å². The highest BCUT2D eigenvalue weighted by molar-refractivity contribution is 9.10. The minimum Gasteiger partial charge on any atom is -0.391 e. The highest BCUT2D eigenvalue weighted by Gasteiger charge is 2.49. The molecule has 4 atom stereocenters. The molecule has 7 nitrogen and oxygen atoms in total. The average molecular weight is 492 g/mol. The third-order valence-electron chi connectivity index (χ3n) is 6.14. The predicted octanol–water partition coefficient (Wildman–Crippen LogP) is 2.59. The van der Waals surface area contributed by atoms with Crippen molar-refractivity contribution in [3.63, 3.8) is 0 Å². The highest BCUT2D eigenvalue weighted by atomic mass is 79.9. The third kappa shape index (κ3) is 4.75. The summed E-state index contributed by atoms with van der Waals surface area (Å²) in [5, 5.41) is 13.1. The molecule has 2 aliphatic heterocycles. The molecular weight excluding hydrogens is 462 g/mol. The van der Waals surface area contributed by atoms with Gasteiger partial charge in [0.2, 0.25) is 11.8 Å². The van der Waals surface area contributed by atoms with Gasteiger partial charge in [-0.2, -0.15) is 0 Å². The number of carbonyl (C=O) groups is 3. The van der Waals surface area contributed by atoms with Gasteiger partial charge < -0.3 is 15.3 Å². The number of β-amino-alcohol motifs (C(OH)–C–C–N with tert-alkyl or cyclic N) is 1. The Balaban J connectivity index is 1.88. The maximum Gasteiger partial charge on any atom is 0.256 e. The van der Waals surface area contributed by atoms with Crippen molar-refractivity contribution in [1.29, 1.82) is 0 Å². The zero-order valence-electron chi connectivity index (χ0n) is 18.6. The van der Waals surface area contributed by atoms with E-state index >= 15 is 0 Å². The molecule has 1 saturated heterocycles. The third-order valence-corrected chi connectivity index (χ3v) is 6.67. The fraction of sp³-hybridized carbons (Fsp3) is 0.565. The second kappa shape index (κ2) is 8.47. The van der Waals surface area contributed by atoms with Crippen LogP contribution in [0.25, 0.3) is 0 Å². The molecule has 168 valence electrons. The van der Waals surface area contributed by atoms with E-state index in [1.54, 1.807) is 4.90 Å². The molecule has 0 radical (unpaired) electrons. The van der Waals surface area contributed by atoms with Gasteiger partial charge in [0, 0.05) is 36.5 Å². The van der Waals surface area contributed by atoms with Crippen molar-refractivity contribution in [1.82, 2.24) is 10.2 Å². The lowest BCUT2D eigenvalue weighted by Gasteiger charge is -2.35. The van der Waals surface area contributed by atoms with Crippen LogP contribution in [0.2, 0.25) is 0 Å². The number of aliphatic hydroxyl groups is 1. The Morgan fingerprint density at radius 1 is 1.29 bits per heavy atom. The van der Waals surface area contributed by atoms with Crippen LogP contribution in [0, 0.1) is 5.41 Å². The van der Waals surface area contributed by atoms with Crippen molar-refractivity contribution in [2.75, 3.05) is 6.54 Å². The number of hydrogen-bond donors (Lipinski definition) is 2. The summed E-state index contributed by atoms with van der Waals surface area (Å²) in [4.78, 5) is 44.0. The van der Waals surface area contributed by atoms with Crippen LogP contribution in [0.3, 0.4) is 0 Å². The van der Waals surface area contributed by atoms with E-state index in [4.69, 9.17) is 0 Å². The van der Waals surface area contributed by atoms with Crippen LogP contribution in [-0.2, 0) is 19.8 Å². The standard InChI is InChI=1S/C23H30BrN3O4/c1-13(28)25-19(22(2,3)4)20(30)27-12-16(29)10-18(27)17-11-23(5,21(31)26-17)14-6-8-15(24)9-7-14/h6-9,16,18-19,29H,10-12H2,1-5H3,(H,25,28)/t16-,18?,19-,23?/m1/s1. The molecule has 2 heterocycles. The summed E-state index contributed by atoms with van der Waals surface area (Å²) in [6.07, 6.45) is 0.00408. The number of likely N-dealkylation sites (tertiary alicyclic amines) is 1. The number of aliphatic imine (C=N–C) groups is 1. The summed E-state index contributed by atoms with van der Waals surface area (Å²) in [7, 11) is 0. The SMILES string of the molecule is CC(=O)N[C@H](C(=O)N1C[C@H](O)CC1C1=NC(=O)C(C)(c2ccc(Br)cc2)C1)C(C)(C)C.